The van der Waals surface area contributed by atoms with Crippen molar-refractivity contribution >= 4 is 0 Å². The molecule has 0 radical (unpaired) electrons. The van der Waals surface area contributed by atoms with Gasteiger partial charge in [0.15, 0.2) is 0 Å². The first-order valence-electron chi connectivity index (χ1n) is 7.28. The fourth-order valence-electron chi connectivity index (χ4n) is 3.10. The van der Waals surface area contributed by atoms with Gasteiger partial charge in [-0.2, -0.15) is 0 Å². The summed E-state index contributed by atoms with van der Waals surface area (Å²) in [6.07, 6.45) is 2.22. The molecule has 1 N–H and O–H groups in total. The lowest BCUT2D eigenvalue weighted by atomic mass is 9.98. The third kappa shape index (κ3) is 2.19. The molecule has 98 valence electrons. The number of hydrogen-bond acceptors (Lipinski definition) is 1. The normalized spacial score (nSPS) is 14.0. The molecule has 0 fully saturated rings. The molecule has 1 atom stereocenters. The fourth-order valence-corrected chi connectivity index (χ4v) is 3.10. The summed E-state index contributed by atoms with van der Waals surface area (Å²) in [4.78, 5) is 0. The quantitative estimate of drug-likeness (QED) is 0.728. The smallest absolute Gasteiger partial charge is 0.0317 e. The molecule has 1 heteroatoms. The molecule has 3 rings (SSSR count). The fraction of sp³-hybridized carbons (Fsp3) is 0.333. The number of benzene rings is 2. The van der Waals surface area contributed by atoms with Gasteiger partial charge < -0.3 is 5.32 Å². The van der Waals surface area contributed by atoms with Crippen molar-refractivity contribution < 1.29 is 0 Å². The molecule has 1 aliphatic rings. The maximum atomic E-state index is 3.56. The van der Waals surface area contributed by atoms with Crippen LogP contribution in [0.3, 0.4) is 0 Å². The molecule has 0 heterocycles. The summed E-state index contributed by atoms with van der Waals surface area (Å²) in [5.74, 6) is 0. The Morgan fingerprint density at radius 1 is 1.00 bits per heavy atom. The van der Waals surface area contributed by atoms with Gasteiger partial charge >= 0.3 is 0 Å². The van der Waals surface area contributed by atoms with E-state index in [4.69, 9.17) is 0 Å². The van der Waals surface area contributed by atoms with Crippen molar-refractivity contribution in [3.63, 3.8) is 0 Å². The van der Waals surface area contributed by atoms with Crippen molar-refractivity contribution in [3.05, 3.63) is 59.2 Å². The minimum atomic E-state index is 0.475. The first-order valence-corrected chi connectivity index (χ1v) is 7.28. The molecule has 0 amide bonds. The Morgan fingerprint density at radius 3 is 2.58 bits per heavy atom. The molecular formula is C18H21N. The van der Waals surface area contributed by atoms with E-state index < -0.39 is 0 Å². The molecule has 0 aromatic heterocycles. The lowest BCUT2D eigenvalue weighted by Gasteiger charge is -2.17. The van der Waals surface area contributed by atoms with Gasteiger partial charge in [-0.15, -0.1) is 0 Å². The maximum absolute atomic E-state index is 3.56. The average molecular weight is 251 g/mol. The molecule has 0 saturated carbocycles. The number of hydrogen-bond donors (Lipinski definition) is 1. The number of nitrogens with one attached hydrogen (secondary N) is 1. The van der Waals surface area contributed by atoms with Crippen LogP contribution in [0.25, 0.3) is 11.1 Å². The van der Waals surface area contributed by atoms with Gasteiger partial charge in [-0.05, 0) is 53.3 Å². The predicted octanol–water partition coefficient (Wildman–Crippen LogP) is 4.32. The van der Waals surface area contributed by atoms with Crippen LogP contribution in [0.2, 0.25) is 0 Å². The van der Waals surface area contributed by atoms with Crippen molar-refractivity contribution in [2.75, 3.05) is 6.54 Å². The zero-order valence-corrected chi connectivity index (χ0v) is 11.7. The van der Waals surface area contributed by atoms with Crippen molar-refractivity contribution in [2.24, 2.45) is 0 Å². The summed E-state index contributed by atoms with van der Waals surface area (Å²) in [7, 11) is 0. The zero-order chi connectivity index (χ0) is 13.2. The van der Waals surface area contributed by atoms with Crippen LogP contribution in [-0.2, 0) is 6.42 Å². The monoisotopic (exact) mass is 251 g/mol. The van der Waals surface area contributed by atoms with Gasteiger partial charge in [-0.3, -0.25) is 0 Å². The highest BCUT2D eigenvalue weighted by molar-refractivity contribution is 5.77. The van der Waals surface area contributed by atoms with E-state index in [9.17, 15) is 0 Å². The molecule has 1 unspecified atom stereocenters. The summed E-state index contributed by atoms with van der Waals surface area (Å²) in [5, 5.41) is 3.56. The van der Waals surface area contributed by atoms with E-state index in [0.717, 1.165) is 19.4 Å². The molecule has 1 nitrogen and oxygen atoms in total. The topological polar surface area (TPSA) is 12.0 Å². The van der Waals surface area contributed by atoms with Crippen molar-refractivity contribution in [2.45, 2.75) is 32.7 Å². The number of rotatable bonds is 4. The van der Waals surface area contributed by atoms with E-state index in [1.54, 1.807) is 0 Å². The molecule has 1 aliphatic carbocycles. The Balaban J connectivity index is 2.01. The molecule has 2 aromatic rings. The van der Waals surface area contributed by atoms with Gasteiger partial charge in [-0.1, -0.05) is 50.2 Å². The standard InChI is InChI=1S/C18H21N/c1-3-18(19-4-2)15-10-9-14-11-13-7-5-6-8-16(13)17(14)12-15/h5-10,12,18-19H,3-4,11H2,1-2H3. The van der Waals surface area contributed by atoms with Crippen LogP contribution < -0.4 is 5.32 Å². The maximum Gasteiger partial charge on any atom is 0.0317 e. The van der Waals surface area contributed by atoms with Gasteiger partial charge in [0.05, 0.1) is 0 Å². The van der Waals surface area contributed by atoms with E-state index in [-0.39, 0.29) is 0 Å². The molecule has 0 bridgehead atoms. The van der Waals surface area contributed by atoms with Gasteiger partial charge in [0.2, 0.25) is 0 Å². The largest absolute Gasteiger partial charge is 0.310 e. The Kier molecular flexibility index (Phi) is 3.39. The lowest BCUT2D eigenvalue weighted by molar-refractivity contribution is 0.537. The third-order valence-electron chi connectivity index (χ3n) is 4.08. The van der Waals surface area contributed by atoms with E-state index in [1.807, 2.05) is 0 Å². The first-order chi connectivity index (χ1) is 9.33. The van der Waals surface area contributed by atoms with E-state index in [1.165, 1.54) is 27.8 Å². The first kappa shape index (κ1) is 12.4. The van der Waals surface area contributed by atoms with E-state index in [0.29, 0.717) is 6.04 Å². The second-order valence-corrected chi connectivity index (χ2v) is 5.27. The molecule has 19 heavy (non-hydrogen) atoms. The van der Waals surface area contributed by atoms with Crippen LogP contribution in [0.4, 0.5) is 0 Å². The van der Waals surface area contributed by atoms with Crippen LogP contribution in [0.15, 0.2) is 42.5 Å². The average Bonchev–Trinajstić information content (AvgIpc) is 2.82. The summed E-state index contributed by atoms with van der Waals surface area (Å²) < 4.78 is 0. The van der Waals surface area contributed by atoms with Crippen molar-refractivity contribution in [3.8, 4) is 11.1 Å². The van der Waals surface area contributed by atoms with E-state index in [2.05, 4.69) is 61.6 Å². The minimum absolute atomic E-state index is 0.475. The van der Waals surface area contributed by atoms with Gasteiger partial charge in [0.1, 0.15) is 0 Å². The second-order valence-electron chi connectivity index (χ2n) is 5.27. The minimum Gasteiger partial charge on any atom is -0.310 e. The molecule has 0 aliphatic heterocycles. The van der Waals surface area contributed by atoms with Crippen molar-refractivity contribution in [1.82, 2.24) is 5.32 Å². The van der Waals surface area contributed by atoms with Gasteiger partial charge in [0.25, 0.3) is 0 Å². The number of fused-ring (bicyclic) bond motifs is 3. The molecule has 0 spiro atoms. The molecule has 2 aromatic carbocycles. The summed E-state index contributed by atoms with van der Waals surface area (Å²) >= 11 is 0. The van der Waals surface area contributed by atoms with Crippen LogP contribution in [0.1, 0.15) is 43.0 Å². The SMILES string of the molecule is CCNC(CC)c1ccc2c(c1)-c1ccccc1C2. The molecular weight excluding hydrogens is 230 g/mol. The Bertz CT molecular complexity index is 586. The van der Waals surface area contributed by atoms with Crippen LogP contribution >= 0.6 is 0 Å². The van der Waals surface area contributed by atoms with Crippen LogP contribution in [0.5, 0.6) is 0 Å². The van der Waals surface area contributed by atoms with E-state index >= 15 is 0 Å². The second kappa shape index (κ2) is 5.18. The van der Waals surface area contributed by atoms with Crippen LogP contribution in [-0.4, -0.2) is 6.54 Å². The highest BCUT2D eigenvalue weighted by Crippen LogP contribution is 2.37. The highest BCUT2D eigenvalue weighted by atomic mass is 14.9. The highest BCUT2D eigenvalue weighted by Gasteiger charge is 2.19. The summed E-state index contributed by atoms with van der Waals surface area (Å²) in [5.41, 5.74) is 7.21. The zero-order valence-electron chi connectivity index (χ0n) is 11.7. The van der Waals surface area contributed by atoms with Crippen LogP contribution in [0, 0.1) is 0 Å². The summed E-state index contributed by atoms with van der Waals surface area (Å²) in [6.45, 7) is 5.44. The predicted molar refractivity (Wildman–Crippen MR) is 81.4 cm³/mol. The summed E-state index contributed by atoms with van der Waals surface area (Å²) in [6, 6.07) is 16.2. The Labute approximate surface area is 115 Å². The van der Waals surface area contributed by atoms with Gasteiger partial charge in [0, 0.05) is 6.04 Å². The Hall–Kier alpha value is -1.60. The lowest BCUT2D eigenvalue weighted by Crippen LogP contribution is -2.20. The van der Waals surface area contributed by atoms with Gasteiger partial charge in [-0.25, -0.2) is 0 Å². The molecule has 0 saturated heterocycles. The van der Waals surface area contributed by atoms with Crippen molar-refractivity contribution in [1.29, 1.82) is 0 Å². The third-order valence-corrected chi connectivity index (χ3v) is 4.08. The Morgan fingerprint density at radius 2 is 1.79 bits per heavy atom.